The molecule has 18 heavy (non-hydrogen) atoms. The smallest absolute Gasteiger partial charge is 0.0485 e. The van der Waals surface area contributed by atoms with Gasteiger partial charge in [0.05, 0.1) is 0 Å². The van der Waals surface area contributed by atoms with Crippen LogP contribution in [-0.2, 0) is 0 Å². The first-order chi connectivity index (χ1) is 8.66. The zero-order valence-corrected chi connectivity index (χ0v) is 13.1. The molecule has 1 heterocycles. The lowest BCUT2D eigenvalue weighted by Crippen LogP contribution is -2.37. The maximum atomic E-state index is 5.93. The Balaban J connectivity index is 1.81. The molecule has 0 radical (unpaired) electrons. The zero-order chi connectivity index (χ0) is 13.0. The quantitative estimate of drug-likeness (QED) is 0.880. The summed E-state index contributed by atoms with van der Waals surface area (Å²) in [7, 11) is 2.24. The fourth-order valence-corrected chi connectivity index (χ4v) is 3.34. The van der Waals surface area contributed by atoms with Gasteiger partial charge in [-0.1, -0.05) is 18.0 Å². The topological polar surface area (TPSA) is 15.3 Å². The number of hydrogen-bond acceptors (Lipinski definition) is 2. The van der Waals surface area contributed by atoms with Crippen LogP contribution in [0.4, 0.5) is 5.69 Å². The average molecular weight is 332 g/mol. The molecule has 0 saturated carbocycles. The van der Waals surface area contributed by atoms with Gasteiger partial charge < -0.3 is 10.2 Å². The van der Waals surface area contributed by atoms with E-state index < -0.39 is 0 Å². The summed E-state index contributed by atoms with van der Waals surface area (Å²) < 4.78 is 1.03. The normalized spacial score (nSPS) is 20.9. The van der Waals surface area contributed by atoms with E-state index in [0.29, 0.717) is 0 Å². The Morgan fingerprint density at radius 1 is 1.44 bits per heavy atom. The van der Waals surface area contributed by atoms with Gasteiger partial charge in [0.1, 0.15) is 0 Å². The fourth-order valence-electron chi connectivity index (χ4n) is 2.52. The van der Waals surface area contributed by atoms with Gasteiger partial charge in [0, 0.05) is 27.8 Å². The van der Waals surface area contributed by atoms with Crippen LogP contribution in [0.25, 0.3) is 0 Å². The predicted molar refractivity (Wildman–Crippen MR) is 82.5 cm³/mol. The second-order valence-corrected chi connectivity index (χ2v) is 6.26. The van der Waals surface area contributed by atoms with Gasteiger partial charge in [-0.3, -0.25) is 0 Å². The molecule has 1 aliphatic rings. The lowest BCUT2D eigenvalue weighted by molar-refractivity contribution is 0.179. The number of anilines is 1. The largest absolute Gasteiger partial charge is 0.384 e. The summed E-state index contributed by atoms with van der Waals surface area (Å²) in [6.07, 6.45) is 5.26. The highest BCUT2D eigenvalue weighted by Gasteiger charge is 2.18. The molecule has 1 N–H and O–H groups in total. The molecule has 2 rings (SSSR count). The fraction of sp³-hybridized carbons (Fsp3) is 0.571. The Morgan fingerprint density at radius 3 is 3.00 bits per heavy atom. The number of hydrogen-bond donors (Lipinski definition) is 1. The summed E-state index contributed by atoms with van der Waals surface area (Å²) in [6.45, 7) is 2.25. The van der Waals surface area contributed by atoms with Crippen LogP contribution in [0.5, 0.6) is 0 Å². The Labute approximate surface area is 123 Å². The second-order valence-electron chi connectivity index (χ2n) is 4.97. The van der Waals surface area contributed by atoms with E-state index >= 15 is 0 Å². The third-order valence-corrected chi connectivity index (χ3v) is 4.54. The molecule has 1 aliphatic heterocycles. The molecule has 0 bridgehead atoms. The molecule has 1 saturated heterocycles. The highest BCUT2D eigenvalue weighted by atomic mass is 79.9. The number of nitrogens with zero attached hydrogens (tertiary/aromatic N) is 1. The van der Waals surface area contributed by atoms with E-state index in [1.54, 1.807) is 0 Å². The molecule has 0 spiro atoms. The molecule has 0 aliphatic carbocycles. The molecule has 2 nitrogen and oxygen atoms in total. The van der Waals surface area contributed by atoms with E-state index in [-0.39, 0.29) is 0 Å². The van der Waals surface area contributed by atoms with Gasteiger partial charge >= 0.3 is 0 Å². The first-order valence-electron chi connectivity index (χ1n) is 6.56. The molecule has 1 unspecified atom stereocenters. The van der Waals surface area contributed by atoms with Crippen molar-refractivity contribution in [1.29, 1.82) is 0 Å². The molecule has 1 aromatic carbocycles. The number of nitrogens with one attached hydrogen (secondary N) is 1. The lowest BCUT2D eigenvalue weighted by atomic mass is 10.0. The molecular formula is C14H20BrClN2. The SMILES string of the molecule is CN1CCCCC1CCNc1ccc(Cl)cc1Br. The number of piperidine rings is 1. The monoisotopic (exact) mass is 330 g/mol. The summed E-state index contributed by atoms with van der Waals surface area (Å²) in [5.74, 6) is 0. The molecule has 1 fully saturated rings. The van der Waals surface area contributed by atoms with Gasteiger partial charge in [-0.05, 0) is 67.0 Å². The van der Waals surface area contributed by atoms with Crippen molar-refractivity contribution in [3.63, 3.8) is 0 Å². The first-order valence-corrected chi connectivity index (χ1v) is 7.73. The zero-order valence-electron chi connectivity index (χ0n) is 10.8. The summed E-state index contributed by atoms with van der Waals surface area (Å²) in [6, 6.07) is 6.60. The maximum Gasteiger partial charge on any atom is 0.0485 e. The van der Waals surface area contributed by atoms with E-state index in [0.717, 1.165) is 27.8 Å². The summed E-state index contributed by atoms with van der Waals surface area (Å²) in [5.41, 5.74) is 1.12. The van der Waals surface area contributed by atoms with Gasteiger partial charge in [-0.25, -0.2) is 0 Å². The maximum absolute atomic E-state index is 5.93. The van der Waals surface area contributed by atoms with Crippen LogP contribution in [0.15, 0.2) is 22.7 Å². The number of benzene rings is 1. The van der Waals surface area contributed by atoms with Crippen LogP contribution in [-0.4, -0.2) is 31.1 Å². The Bertz CT molecular complexity index is 397. The minimum absolute atomic E-state index is 0.734. The molecule has 1 aromatic rings. The third kappa shape index (κ3) is 3.87. The molecular weight excluding hydrogens is 312 g/mol. The van der Waals surface area contributed by atoms with Gasteiger partial charge in [-0.15, -0.1) is 0 Å². The Hall–Kier alpha value is -0.250. The Morgan fingerprint density at radius 2 is 2.28 bits per heavy atom. The molecule has 4 heteroatoms. The van der Waals surface area contributed by atoms with E-state index in [1.165, 1.54) is 32.2 Å². The highest BCUT2D eigenvalue weighted by Crippen LogP contribution is 2.26. The van der Waals surface area contributed by atoms with Crippen molar-refractivity contribution in [2.75, 3.05) is 25.5 Å². The van der Waals surface area contributed by atoms with Crippen molar-refractivity contribution in [3.05, 3.63) is 27.7 Å². The standard InChI is InChI=1S/C14H20BrClN2/c1-18-9-3-2-4-12(18)7-8-17-14-6-5-11(16)10-13(14)15/h5-6,10,12,17H,2-4,7-9H2,1H3. The minimum atomic E-state index is 0.734. The predicted octanol–water partition coefficient (Wildman–Crippen LogP) is 4.39. The molecule has 1 atom stereocenters. The van der Waals surface area contributed by atoms with Crippen molar-refractivity contribution in [2.45, 2.75) is 31.7 Å². The minimum Gasteiger partial charge on any atom is -0.384 e. The molecule has 0 aromatic heterocycles. The molecule has 0 amide bonds. The highest BCUT2D eigenvalue weighted by molar-refractivity contribution is 9.10. The average Bonchev–Trinajstić information content (AvgIpc) is 2.34. The number of likely N-dealkylation sites (tertiary alicyclic amines) is 1. The van der Waals surface area contributed by atoms with Crippen LogP contribution in [0.3, 0.4) is 0 Å². The first kappa shape index (κ1) is 14.2. The second kappa shape index (κ2) is 6.78. The van der Waals surface area contributed by atoms with E-state index in [2.05, 4.69) is 33.2 Å². The summed E-state index contributed by atoms with van der Waals surface area (Å²) >= 11 is 9.46. The number of halogens is 2. The van der Waals surface area contributed by atoms with Crippen LogP contribution in [0.2, 0.25) is 5.02 Å². The summed E-state index contributed by atoms with van der Waals surface area (Å²) in [4.78, 5) is 2.49. The van der Waals surface area contributed by atoms with E-state index in [9.17, 15) is 0 Å². The van der Waals surface area contributed by atoms with Crippen LogP contribution >= 0.6 is 27.5 Å². The van der Waals surface area contributed by atoms with Crippen molar-refractivity contribution in [2.24, 2.45) is 0 Å². The van der Waals surface area contributed by atoms with Gasteiger partial charge in [0.25, 0.3) is 0 Å². The van der Waals surface area contributed by atoms with Crippen LogP contribution in [0.1, 0.15) is 25.7 Å². The van der Waals surface area contributed by atoms with Gasteiger partial charge in [0.2, 0.25) is 0 Å². The van der Waals surface area contributed by atoms with Crippen molar-refractivity contribution >= 4 is 33.2 Å². The van der Waals surface area contributed by atoms with Crippen LogP contribution < -0.4 is 5.32 Å². The van der Waals surface area contributed by atoms with Crippen molar-refractivity contribution in [3.8, 4) is 0 Å². The van der Waals surface area contributed by atoms with Gasteiger partial charge in [-0.2, -0.15) is 0 Å². The molecule has 100 valence electrons. The lowest BCUT2D eigenvalue weighted by Gasteiger charge is -2.32. The number of rotatable bonds is 4. The third-order valence-electron chi connectivity index (χ3n) is 3.65. The van der Waals surface area contributed by atoms with Gasteiger partial charge in [0.15, 0.2) is 0 Å². The van der Waals surface area contributed by atoms with Crippen LogP contribution in [0, 0.1) is 0 Å². The van der Waals surface area contributed by atoms with Crippen molar-refractivity contribution < 1.29 is 0 Å². The van der Waals surface area contributed by atoms with Crippen molar-refractivity contribution in [1.82, 2.24) is 4.90 Å². The van der Waals surface area contributed by atoms with E-state index in [4.69, 9.17) is 11.6 Å². The van der Waals surface area contributed by atoms with E-state index in [1.807, 2.05) is 18.2 Å². The Kier molecular flexibility index (Phi) is 5.34. The summed E-state index contributed by atoms with van der Waals surface area (Å²) in [5, 5.41) is 4.24.